The third-order valence-corrected chi connectivity index (χ3v) is 6.56. The minimum Gasteiger partial charge on any atom is -0.497 e. The summed E-state index contributed by atoms with van der Waals surface area (Å²) in [5.74, 6) is 1.52. The van der Waals surface area contributed by atoms with Gasteiger partial charge in [0.05, 0.1) is 41.5 Å². The van der Waals surface area contributed by atoms with Crippen molar-refractivity contribution in [3.63, 3.8) is 0 Å². The molecule has 3 rings (SSSR count). The van der Waals surface area contributed by atoms with Crippen LogP contribution in [0.5, 0.6) is 23.0 Å². The third-order valence-electron chi connectivity index (χ3n) is 6.56. The zero-order valence-corrected chi connectivity index (χ0v) is 22.8. The molecule has 0 aromatic heterocycles. The number of ether oxygens (including phenoxy) is 4. The van der Waals surface area contributed by atoms with Crippen LogP contribution >= 0.6 is 0 Å². The van der Waals surface area contributed by atoms with Gasteiger partial charge in [-0.2, -0.15) is 0 Å². The molecule has 3 aromatic rings. The second kappa shape index (κ2) is 13.0. The van der Waals surface area contributed by atoms with Gasteiger partial charge in [0, 0.05) is 28.8 Å². The summed E-state index contributed by atoms with van der Waals surface area (Å²) >= 11 is 0. The first-order chi connectivity index (χ1) is 18.7. The van der Waals surface area contributed by atoms with Crippen LogP contribution in [0.4, 0.5) is 13.6 Å². The molecule has 3 aromatic carbocycles. The number of carbonyl (C=O) groups is 1. The maximum absolute atomic E-state index is 15.3. The Balaban J connectivity index is 2.05. The number of carbonyl (C=O) groups excluding carboxylic acids is 1. The lowest BCUT2D eigenvalue weighted by atomic mass is 9.86. The van der Waals surface area contributed by atoms with Crippen LogP contribution in [0.3, 0.4) is 0 Å². The summed E-state index contributed by atoms with van der Waals surface area (Å²) in [5, 5.41) is 2.73. The highest BCUT2D eigenvalue weighted by atomic mass is 19.1. The van der Waals surface area contributed by atoms with Gasteiger partial charge in [-0.05, 0) is 37.3 Å². The van der Waals surface area contributed by atoms with Crippen molar-refractivity contribution in [3.05, 3.63) is 95.8 Å². The summed E-state index contributed by atoms with van der Waals surface area (Å²) < 4.78 is 51.8. The zero-order valence-electron chi connectivity index (χ0n) is 22.8. The van der Waals surface area contributed by atoms with Crippen molar-refractivity contribution < 1.29 is 32.5 Å². The molecule has 2 amide bonds. The fraction of sp³-hybridized carbons (Fsp3) is 0.300. The average molecular weight is 541 g/mol. The van der Waals surface area contributed by atoms with Crippen molar-refractivity contribution in [1.29, 1.82) is 0 Å². The van der Waals surface area contributed by atoms with Crippen LogP contribution < -0.4 is 24.3 Å². The number of alkyl halides is 1. The molecule has 0 aliphatic rings. The molecule has 0 spiro atoms. The number of methoxy groups -OCH3 is 4. The summed E-state index contributed by atoms with van der Waals surface area (Å²) in [7, 11) is 6.12. The lowest BCUT2D eigenvalue weighted by molar-refractivity contribution is 0.154. The molecule has 1 N–H and O–H groups in total. The number of urea groups is 1. The molecule has 39 heavy (non-hydrogen) atoms. The molecule has 0 saturated carbocycles. The van der Waals surface area contributed by atoms with E-state index in [0.29, 0.717) is 34.1 Å². The lowest BCUT2D eigenvalue weighted by Gasteiger charge is -2.36. The number of nitrogens with zero attached hydrogens (tertiary/aromatic N) is 1. The third kappa shape index (κ3) is 6.60. The summed E-state index contributed by atoms with van der Waals surface area (Å²) in [6, 6.07) is 15.6. The second-order valence-corrected chi connectivity index (χ2v) is 8.96. The molecule has 0 aliphatic carbocycles. The predicted molar refractivity (Wildman–Crippen MR) is 146 cm³/mol. The first kappa shape index (κ1) is 29.3. The number of hydrogen-bond donors (Lipinski definition) is 1. The van der Waals surface area contributed by atoms with Gasteiger partial charge in [0.2, 0.25) is 0 Å². The first-order valence-electron chi connectivity index (χ1n) is 12.2. The Bertz CT molecular complexity index is 1240. The smallest absolute Gasteiger partial charge is 0.318 e. The van der Waals surface area contributed by atoms with E-state index < -0.39 is 23.6 Å². The van der Waals surface area contributed by atoms with E-state index in [-0.39, 0.29) is 18.7 Å². The zero-order chi connectivity index (χ0) is 28.6. The van der Waals surface area contributed by atoms with Crippen molar-refractivity contribution in [2.45, 2.75) is 31.7 Å². The van der Waals surface area contributed by atoms with Gasteiger partial charge < -0.3 is 29.2 Å². The van der Waals surface area contributed by atoms with Gasteiger partial charge in [-0.3, -0.25) is 0 Å². The van der Waals surface area contributed by atoms with Crippen molar-refractivity contribution in [1.82, 2.24) is 10.2 Å². The second-order valence-electron chi connectivity index (χ2n) is 8.96. The van der Waals surface area contributed by atoms with Crippen LogP contribution in [-0.4, -0.2) is 45.5 Å². The number of hydrogen-bond acceptors (Lipinski definition) is 5. The van der Waals surface area contributed by atoms with E-state index in [1.54, 1.807) is 56.7 Å². The summed E-state index contributed by atoms with van der Waals surface area (Å²) in [4.78, 5) is 15.3. The van der Waals surface area contributed by atoms with Crippen LogP contribution in [0, 0.1) is 5.82 Å². The predicted octanol–water partition coefficient (Wildman–Crippen LogP) is 6.01. The van der Waals surface area contributed by atoms with Gasteiger partial charge in [0.1, 0.15) is 40.5 Å². The van der Waals surface area contributed by atoms with Gasteiger partial charge in [0.15, 0.2) is 0 Å². The lowest BCUT2D eigenvalue weighted by Crippen LogP contribution is -2.54. The van der Waals surface area contributed by atoms with E-state index in [1.165, 1.54) is 44.2 Å². The highest BCUT2D eigenvalue weighted by molar-refractivity contribution is 5.76. The Morgan fingerprint density at radius 2 is 1.44 bits per heavy atom. The molecule has 0 saturated heterocycles. The minimum absolute atomic E-state index is 0.00486. The molecular formula is C30H34F2N2O5. The standard InChI is InChI=1S/C30H34F2N2O5/c1-7-28(32)30(2,24-10-8-9-11-25(24)31)33-29(35)34(18-20-12-14-22(36-3)16-26(20)38-5)19-21-13-15-23(37-4)17-27(21)39-6/h7-17,28H,1,18-19H2,2-6H3,(H,33,35)/t28-,30+/m0/s1. The molecule has 9 heteroatoms. The number of benzene rings is 3. The van der Waals surface area contributed by atoms with Gasteiger partial charge in [-0.1, -0.05) is 24.3 Å². The summed E-state index contributed by atoms with van der Waals surface area (Å²) in [6.45, 7) is 5.11. The number of rotatable bonds is 12. The van der Waals surface area contributed by atoms with Crippen LogP contribution in [0.25, 0.3) is 0 Å². The average Bonchev–Trinajstić information content (AvgIpc) is 2.96. The maximum Gasteiger partial charge on any atom is 0.318 e. The highest BCUT2D eigenvalue weighted by Crippen LogP contribution is 2.32. The molecule has 2 atom stereocenters. The van der Waals surface area contributed by atoms with E-state index in [9.17, 15) is 9.18 Å². The Labute approximate surface area is 227 Å². The molecule has 7 nitrogen and oxygen atoms in total. The topological polar surface area (TPSA) is 69.3 Å². The van der Waals surface area contributed by atoms with Gasteiger partial charge in [0.25, 0.3) is 0 Å². The monoisotopic (exact) mass is 540 g/mol. The van der Waals surface area contributed by atoms with Crippen molar-refractivity contribution in [2.75, 3.05) is 28.4 Å². The van der Waals surface area contributed by atoms with Gasteiger partial charge in [-0.25, -0.2) is 13.6 Å². The maximum atomic E-state index is 15.3. The fourth-order valence-electron chi connectivity index (χ4n) is 4.28. The van der Waals surface area contributed by atoms with Gasteiger partial charge in [-0.15, -0.1) is 6.58 Å². The Morgan fingerprint density at radius 1 is 0.923 bits per heavy atom. The quantitative estimate of drug-likeness (QED) is 0.285. The van der Waals surface area contributed by atoms with Crippen molar-refractivity contribution in [2.24, 2.45) is 0 Å². The van der Waals surface area contributed by atoms with Crippen molar-refractivity contribution in [3.8, 4) is 23.0 Å². The van der Waals surface area contributed by atoms with E-state index in [2.05, 4.69) is 11.9 Å². The number of nitrogens with one attached hydrogen (secondary N) is 1. The van der Waals surface area contributed by atoms with Crippen LogP contribution in [-0.2, 0) is 18.6 Å². The summed E-state index contributed by atoms with van der Waals surface area (Å²) in [6.07, 6.45) is -0.748. The molecular weight excluding hydrogens is 506 g/mol. The molecule has 0 bridgehead atoms. The highest BCUT2D eigenvalue weighted by Gasteiger charge is 2.39. The van der Waals surface area contributed by atoms with Crippen LogP contribution in [0.15, 0.2) is 73.3 Å². The van der Waals surface area contributed by atoms with Crippen molar-refractivity contribution >= 4 is 6.03 Å². The van der Waals surface area contributed by atoms with Crippen LogP contribution in [0.2, 0.25) is 0 Å². The van der Waals surface area contributed by atoms with E-state index in [0.717, 1.165) is 6.08 Å². The Kier molecular flexibility index (Phi) is 9.76. The Morgan fingerprint density at radius 3 is 1.87 bits per heavy atom. The van der Waals surface area contributed by atoms with E-state index in [4.69, 9.17) is 18.9 Å². The molecule has 208 valence electrons. The van der Waals surface area contributed by atoms with E-state index in [1.807, 2.05) is 0 Å². The SMILES string of the molecule is C=C[C@H](F)[C@](C)(NC(=O)N(Cc1ccc(OC)cc1OC)Cc1ccc(OC)cc1OC)c1ccccc1F. The van der Waals surface area contributed by atoms with Gasteiger partial charge >= 0.3 is 6.03 Å². The molecule has 0 fully saturated rings. The van der Waals surface area contributed by atoms with Crippen LogP contribution in [0.1, 0.15) is 23.6 Å². The molecule has 0 heterocycles. The van der Waals surface area contributed by atoms with E-state index >= 15 is 4.39 Å². The fourth-order valence-corrected chi connectivity index (χ4v) is 4.28. The minimum atomic E-state index is -1.79. The summed E-state index contributed by atoms with van der Waals surface area (Å²) in [5.41, 5.74) is -0.394. The Hall–Kier alpha value is -4.27. The molecule has 0 aliphatic heterocycles. The molecule has 0 unspecified atom stereocenters. The number of halogens is 2. The molecule has 0 radical (unpaired) electrons. The first-order valence-corrected chi connectivity index (χ1v) is 12.2. The number of amides is 2. The normalized spacial score (nSPS) is 13.0. The largest absolute Gasteiger partial charge is 0.497 e.